The van der Waals surface area contributed by atoms with E-state index in [2.05, 4.69) is 5.32 Å². The fourth-order valence-corrected chi connectivity index (χ4v) is 5.80. The van der Waals surface area contributed by atoms with E-state index in [9.17, 15) is 18.8 Å². The van der Waals surface area contributed by atoms with Crippen LogP contribution >= 0.6 is 0 Å². The Balaban J connectivity index is 1.45. The molecule has 1 aromatic rings. The Morgan fingerprint density at radius 3 is 2.48 bits per heavy atom. The number of esters is 1. The van der Waals surface area contributed by atoms with Crippen molar-refractivity contribution in [1.29, 1.82) is 0 Å². The number of nitrogens with one attached hydrogen (secondary N) is 1. The number of carbonyl (C=O) groups excluding carboxylic acids is 3. The Kier molecular flexibility index (Phi) is 7.20. The molecule has 0 saturated heterocycles. The second-order valence-electron chi connectivity index (χ2n) is 9.37. The molecule has 0 unspecified atom stereocenters. The van der Waals surface area contributed by atoms with Gasteiger partial charge in [0, 0.05) is 18.0 Å². The topological polar surface area (TPSA) is 90.9 Å². The van der Waals surface area contributed by atoms with Gasteiger partial charge in [0.1, 0.15) is 12.0 Å². The van der Waals surface area contributed by atoms with Crippen LogP contribution in [0.3, 0.4) is 0 Å². The molecule has 2 bridgehead atoms. The Morgan fingerprint density at radius 1 is 1.09 bits per heavy atom. The predicted molar refractivity (Wildman–Crippen MR) is 118 cm³/mol. The van der Waals surface area contributed by atoms with Gasteiger partial charge in [0.15, 0.2) is 11.6 Å². The van der Waals surface area contributed by atoms with Gasteiger partial charge < -0.3 is 24.3 Å². The summed E-state index contributed by atoms with van der Waals surface area (Å²) in [6, 6.07) is 2.34. The summed E-state index contributed by atoms with van der Waals surface area (Å²) in [5.41, 5.74) is 0.182. The van der Waals surface area contributed by atoms with Crippen molar-refractivity contribution in [1.82, 2.24) is 5.32 Å². The van der Waals surface area contributed by atoms with Crippen LogP contribution < -0.4 is 14.8 Å². The third-order valence-corrected chi connectivity index (χ3v) is 7.52. The van der Waals surface area contributed by atoms with Crippen molar-refractivity contribution in [3.05, 3.63) is 23.5 Å². The summed E-state index contributed by atoms with van der Waals surface area (Å²) in [4.78, 5) is 36.7. The summed E-state index contributed by atoms with van der Waals surface area (Å²) in [7, 11) is 1.38. The molecule has 1 amide bonds. The van der Waals surface area contributed by atoms with Gasteiger partial charge in [-0.15, -0.1) is 0 Å². The maximum atomic E-state index is 14.7. The molecule has 180 valence electrons. The van der Waals surface area contributed by atoms with Gasteiger partial charge in [-0.05, 0) is 69.8 Å². The first-order valence-electron chi connectivity index (χ1n) is 11.9. The maximum Gasteiger partial charge on any atom is 0.308 e. The predicted octanol–water partition coefficient (Wildman–Crippen LogP) is 3.68. The molecule has 3 saturated carbocycles. The summed E-state index contributed by atoms with van der Waals surface area (Å²) >= 11 is 0. The normalized spacial score (nSPS) is 30.5. The summed E-state index contributed by atoms with van der Waals surface area (Å²) in [5, 5.41) is 3.00. The molecule has 0 radical (unpaired) electrons. The number of hydrogen-bond donors (Lipinski definition) is 1. The van der Waals surface area contributed by atoms with E-state index in [1.807, 2.05) is 0 Å². The Hall–Kier alpha value is -2.64. The number of hydrogen-bond acceptors (Lipinski definition) is 6. The van der Waals surface area contributed by atoms with Crippen LogP contribution in [-0.2, 0) is 14.3 Å². The molecule has 3 aliphatic carbocycles. The second kappa shape index (κ2) is 10.1. The highest BCUT2D eigenvalue weighted by Gasteiger charge is 2.48. The number of fused-ring (bicyclic) bond motifs is 2. The van der Waals surface area contributed by atoms with Crippen LogP contribution in [0.2, 0.25) is 0 Å². The molecule has 3 fully saturated rings. The smallest absolute Gasteiger partial charge is 0.308 e. The van der Waals surface area contributed by atoms with Gasteiger partial charge in [-0.25, -0.2) is 4.39 Å². The van der Waals surface area contributed by atoms with Gasteiger partial charge in [-0.3, -0.25) is 9.59 Å². The van der Waals surface area contributed by atoms with E-state index in [4.69, 9.17) is 14.2 Å². The maximum absolute atomic E-state index is 14.7. The standard InChI is InChI=1S/C25H32FNO6/c1-3-32-25(30)14-6-8-17(9-7-14)33-22-11-18(21(31-2)12-20(22)26)24(29)27-23-16-5-4-15(10-16)19(23)13-28/h11-17,19,23H,3-10H2,1-2H3,(H,27,29)/t14-,15-,16+,17+,19+,23-/m1/s1. The van der Waals surface area contributed by atoms with E-state index >= 15 is 0 Å². The van der Waals surface area contributed by atoms with Crippen LogP contribution in [0.25, 0.3) is 0 Å². The molecule has 0 aliphatic heterocycles. The second-order valence-corrected chi connectivity index (χ2v) is 9.37. The van der Waals surface area contributed by atoms with Gasteiger partial charge in [0.05, 0.1) is 31.3 Å². The van der Waals surface area contributed by atoms with E-state index < -0.39 is 11.7 Å². The van der Waals surface area contributed by atoms with Crippen molar-refractivity contribution < 1.29 is 33.0 Å². The van der Waals surface area contributed by atoms with Crippen LogP contribution in [0.1, 0.15) is 62.2 Å². The zero-order valence-corrected chi connectivity index (χ0v) is 19.2. The van der Waals surface area contributed by atoms with Crippen molar-refractivity contribution >= 4 is 18.2 Å². The molecular weight excluding hydrogens is 429 g/mol. The molecule has 8 heteroatoms. The van der Waals surface area contributed by atoms with E-state index in [0.717, 1.165) is 31.6 Å². The zero-order chi connectivity index (χ0) is 23.5. The number of aldehydes is 1. The lowest BCUT2D eigenvalue weighted by Gasteiger charge is -2.29. The number of methoxy groups -OCH3 is 1. The van der Waals surface area contributed by atoms with Crippen LogP contribution in [-0.4, -0.2) is 44.0 Å². The van der Waals surface area contributed by atoms with Crippen LogP contribution in [0.15, 0.2) is 12.1 Å². The highest BCUT2D eigenvalue weighted by Crippen LogP contribution is 2.47. The SMILES string of the molecule is CCOC(=O)[C@H]1CC[C@@H](Oc2cc(C(=O)N[C@@H]3[C@H]4CC[C@H](C4)[C@@H]3C=O)c(OC)cc2F)CC1. The average molecular weight is 462 g/mol. The first-order valence-corrected chi connectivity index (χ1v) is 11.9. The number of rotatable bonds is 8. The van der Waals surface area contributed by atoms with Gasteiger partial charge in [0.25, 0.3) is 5.91 Å². The molecule has 0 aromatic heterocycles. The summed E-state index contributed by atoms with van der Waals surface area (Å²) in [5.74, 6) is -0.797. The Morgan fingerprint density at radius 2 is 1.82 bits per heavy atom. The Bertz CT molecular complexity index is 897. The third kappa shape index (κ3) is 4.84. The number of amides is 1. The van der Waals surface area contributed by atoms with Crippen molar-refractivity contribution in [3.8, 4) is 11.5 Å². The van der Waals surface area contributed by atoms with E-state index in [0.29, 0.717) is 44.1 Å². The summed E-state index contributed by atoms with van der Waals surface area (Å²) in [6.07, 6.45) is 6.12. The highest BCUT2D eigenvalue weighted by molar-refractivity contribution is 5.97. The largest absolute Gasteiger partial charge is 0.496 e. The fourth-order valence-electron chi connectivity index (χ4n) is 5.80. The van der Waals surface area contributed by atoms with E-state index in [-0.39, 0.29) is 47.0 Å². The molecule has 4 rings (SSSR count). The van der Waals surface area contributed by atoms with Gasteiger partial charge >= 0.3 is 5.97 Å². The third-order valence-electron chi connectivity index (χ3n) is 7.52. The molecular formula is C25H32FNO6. The van der Waals surface area contributed by atoms with Gasteiger partial charge in [0.2, 0.25) is 0 Å². The van der Waals surface area contributed by atoms with Gasteiger partial charge in [-0.1, -0.05) is 0 Å². The zero-order valence-electron chi connectivity index (χ0n) is 19.2. The van der Waals surface area contributed by atoms with Crippen LogP contribution in [0.4, 0.5) is 4.39 Å². The van der Waals surface area contributed by atoms with Crippen molar-refractivity contribution in [2.24, 2.45) is 23.7 Å². The number of halogens is 1. The molecule has 1 N–H and O–H groups in total. The van der Waals surface area contributed by atoms with Crippen LogP contribution in [0.5, 0.6) is 11.5 Å². The molecule has 7 nitrogen and oxygen atoms in total. The lowest BCUT2D eigenvalue weighted by molar-refractivity contribution is -0.149. The molecule has 33 heavy (non-hydrogen) atoms. The van der Waals surface area contributed by atoms with Crippen molar-refractivity contribution in [2.75, 3.05) is 13.7 Å². The molecule has 4 atom stereocenters. The van der Waals surface area contributed by atoms with Crippen molar-refractivity contribution in [3.63, 3.8) is 0 Å². The van der Waals surface area contributed by atoms with E-state index in [1.165, 1.54) is 13.2 Å². The molecule has 1 aromatic carbocycles. The van der Waals surface area contributed by atoms with E-state index in [1.54, 1.807) is 6.92 Å². The summed E-state index contributed by atoms with van der Waals surface area (Å²) in [6.45, 7) is 2.14. The van der Waals surface area contributed by atoms with Crippen molar-refractivity contribution in [2.45, 2.75) is 64.0 Å². The minimum atomic E-state index is -0.610. The summed E-state index contributed by atoms with van der Waals surface area (Å²) < 4.78 is 31.0. The molecule has 0 spiro atoms. The van der Waals surface area contributed by atoms with Gasteiger partial charge in [-0.2, -0.15) is 0 Å². The Labute approximate surface area is 193 Å². The van der Waals surface area contributed by atoms with Crippen LogP contribution in [0, 0.1) is 29.5 Å². The number of benzene rings is 1. The minimum absolute atomic E-state index is 0.0135. The number of carbonyl (C=O) groups is 3. The lowest BCUT2D eigenvalue weighted by Crippen LogP contribution is -2.44. The average Bonchev–Trinajstić information content (AvgIpc) is 3.42. The fraction of sp³-hybridized carbons (Fsp3) is 0.640. The first-order chi connectivity index (χ1) is 15.9. The minimum Gasteiger partial charge on any atom is -0.496 e. The quantitative estimate of drug-likeness (QED) is 0.469. The molecule has 0 heterocycles. The monoisotopic (exact) mass is 461 g/mol. The molecule has 3 aliphatic rings. The highest BCUT2D eigenvalue weighted by atomic mass is 19.1. The lowest BCUT2D eigenvalue weighted by atomic mass is 9.85. The number of ether oxygens (including phenoxy) is 3. The first kappa shape index (κ1) is 23.5.